The number of anilines is 1. The molecule has 4 aliphatic rings. The number of rotatable bonds is 14. The van der Waals surface area contributed by atoms with Crippen LogP contribution in [0.4, 0.5) is 10.5 Å². The lowest BCUT2D eigenvalue weighted by Gasteiger charge is -2.36. The number of aryl methyl sites for hydroxylation is 1. The lowest BCUT2D eigenvalue weighted by molar-refractivity contribution is -0.136. The molecule has 61 heavy (non-hydrogen) atoms. The molecule has 0 bridgehead atoms. The Morgan fingerprint density at radius 3 is 2.20 bits per heavy atom. The highest BCUT2D eigenvalue weighted by Crippen LogP contribution is 2.38. The number of hydrogen-bond acceptors (Lipinski definition) is 12. The van der Waals surface area contributed by atoms with E-state index in [2.05, 4.69) is 20.0 Å². The minimum absolute atomic E-state index is 0.0186. The van der Waals surface area contributed by atoms with Crippen LogP contribution in [0.25, 0.3) is 11.1 Å². The first-order chi connectivity index (χ1) is 29.3. The summed E-state index contributed by atoms with van der Waals surface area (Å²) < 4.78 is 19.7. The topological polar surface area (TPSA) is 167 Å². The standard InChI is InChI=1S/C44H56N8O9/c1-7-49-26-33(34-27-51(44(58)46(2)3)13-12-31(34)41(49)55)28-22-37(59-5)35(38(23-28)60-6)25-47(4)18-20-61-21-19-48-14-16-50(17-15-48)29-8-9-30-32(24-29)43(57)52(42(30)56)36-10-11-39(53)45-40(36)54/h8-9,22-24,26,36H,7,10-21,25,27H2,1-6H3,(H,45,53,54). The van der Waals surface area contributed by atoms with Gasteiger partial charge in [0.05, 0.1) is 44.1 Å². The number of fused-ring (bicyclic) bond motifs is 2. The third-order valence-electron chi connectivity index (χ3n) is 12.1. The van der Waals surface area contributed by atoms with E-state index in [1.807, 2.05) is 38.4 Å². The molecule has 0 radical (unpaired) electrons. The van der Waals surface area contributed by atoms with Gasteiger partial charge in [-0.3, -0.25) is 44.0 Å². The molecule has 2 fully saturated rings. The Balaban J connectivity index is 0.906. The summed E-state index contributed by atoms with van der Waals surface area (Å²) in [6.45, 7) is 9.48. The van der Waals surface area contributed by atoms with Crippen molar-refractivity contribution in [3.63, 3.8) is 0 Å². The van der Waals surface area contributed by atoms with Gasteiger partial charge in [0.25, 0.3) is 17.4 Å². The maximum Gasteiger partial charge on any atom is 0.319 e. The number of benzene rings is 2. The molecule has 1 aromatic heterocycles. The van der Waals surface area contributed by atoms with Crippen LogP contribution in [0, 0.1) is 0 Å². The zero-order valence-corrected chi connectivity index (χ0v) is 36.0. The van der Waals surface area contributed by atoms with Crippen LogP contribution in [0.5, 0.6) is 11.5 Å². The molecule has 2 saturated heterocycles. The molecule has 3 aromatic rings. The lowest BCUT2D eigenvalue weighted by Crippen LogP contribution is -2.54. The number of nitrogens with one attached hydrogen (secondary N) is 1. The van der Waals surface area contributed by atoms with Gasteiger partial charge in [-0.15, -0.1) is 0 Å². The quantitative estimate of drug-likeness (QED) is 0.186. The highest BCUT2D eigenvalue weighted by atomic mass is 16.5. The largest absolute Gasteiger partial charge is 0.496 e. The van der Waals surface area contributed by atoms with Gasteiger partial charge in [-0.25, -0.2) is 4.79 Å². The Bertz CT molecular complexity index is 2240. The van der Waals surface area contributed by atoms with Gasteiger partial charge >= 0.3 is 6.03 Å². The Kier molecular flexibility index (Phi) is 13.1. The molecule has 0 saturated carbocycles. The van der Waals surface area contributed by atoms with Crippen molar-refractivity contribution in [2.24, 2.45) is 0 Å². The molecule has 0 spiro atoms. The van der Waals surface area contributed by atoms with Gasteiger partial charge in [-0.2, -0.15) is 0 Å². The van der Waals surface area contributed by atoms with Crippen LogP contribution >= 0.6 is 0 Å². The average molecular weight is 841 g/mol. The molecule has 6 amide bonds. The maximum atomic E-state index is 13.4. The molecule has 7 rings (SSSR count). The number of amides is 6. The molecule has 4 aliphatic heterocycles. The fourth-order valence-corrected chi connectivity index (χ4v) is 8.69. The molecule has 17 heteroatoms. The van der Waals surface area contributed by atoms with Gasteiger partial charge in [0.2, 0.25) is 11.8 Å². The summed E-state index contributed by atoms with van der Waals surface area (Å²) in [6, 6.07) is 8.12. The van der Waals surface area contributed by atoms with E-state index in [1.165, 1.54) is 0 Å². The van der Waals surface area contributed by atoms with E-state index >= 15 is 0 Å². The smallest absolute Gasteiger partial charge is 0.319 e. The number of nitrogens with zero attached hydrogens (tertiary/aromatic N) is 7. The number of carbonyl (C=O) groups excluding carboxylic acids is 5. The zero-order chi connectivity index (χ0) is 43.5. The molecular formula is C44H56N8O9. The zero-order valence-electron chi connectivity index (χ0n) is 36.0. The molecule has 17 nitrogen and oxygen atoms in total. The van der Waals surface area contributed by atoms with Crippen molar-refractivity contribution in [1.82, 2.24) is 34.4 Å². The van der Waals surface area contributed by atoms with Crippen LogP contribution in [0.1, 0.15) is 57.2 Å². The molecule has 2 aromatic carbocycles. The van der Waals surface area contributed by atoms with Gasteiger partial charge in [-0.05, 0) is 68.3 Å². The van der Waals surface area contributed by atoms with E-state index in [4.69, 9.17) is 14.2 Å². The molecule has 1 N–H and O–H groups in total. The minimum Gasteiger partial charge on any atom is -0.496 e. The highest BCUT2D eigenvalue weighted by molar-refractivity contribution is 6.23. The average Bonchev–Trinajstić information content (AvgIpc) is 3.51. The lowest BCUT2D eigenvalue weighted by atomic mass is 9.92. The van der Waals surface area contributed by atoms with Crippen molar-refractivity contribution in [3.05, 3.63) is 74.7 Å². The summed E-state index contributed by atoms with van der Waals surface area (Å²) in [7, 11) is 8.76. The van der Waals surface area contributed by atoms with E-state index in [1.54, 1.807) is 54.8 Å². The fourth-order valence-electron chi connectivity index (χ4n) is 8.69. The van der Waals surface area contributed by atoms with Gasteiger partial charge < -0.3 is 33.5 Å². The Labute approximate surface area is 355 Å². The minimum atomic E-state index is -0.989. The number of imide groups is 2. The number of piperidine rings is 1. The number of aromatic nitrogens is 1. The third kappa shape index (κ3) is 8.85. The summed E-state index contributed by atoms with van der Waals surface area (Å²) in [4.78, 5) is 87.8. The maximum absolute atomic E-state index is 13.4. The first kappa shape index (κ1) is 43.3. The summed E-state index contributed by atoms with van der Waals surface area (Å²) in [5, 5.41) is 2.23. The van der Waals surface area contributed by atoms with Crippen molar-refractivity contribution in [2.45, 2.75) is 51.9 Å². The SMILES string of the molecule is CCn1cc(-c2cc(OC)c(CN(C)CCOCCN3CCN(c4ccc5c(c4)C(=O)N(C4CCC(=O)NC4=O)C5=O)CC3)c(OC)c2)c2c(c1=O)CCN(C(=O)N(C)C)C2. The molecule has 1 atom stereocenters. The van der Waals surface area contributed by atoms with Crippen LogP contribution in [-0.2, 0) is 40.4 Å². The summed E-state index contributed by atoms with van der Waals surface area (Å²) in [6.07, 6.45) is 2.57. The van der Waals surface area contributed by atoms with Crippen molar-refractivity contribution in [3.8, 4) is 22.6 Å². The normalized spacial score (nSPS) is 18.1. The Hall–Kier alpha value is -5.78. The van der Waals surface area contributed by atoms with E-state index < -0.39 is 29.7 Å². The predicted octanol–water partition coefficient (Wildman–Crippen LogP) is 2.26. The second-order valence-corrected chi connectivity index (χ2v) is 16.2. The van der Waals surface area contributed by atoms with Crippen LogP contribution in [0.15, 0.2) is 41.3 Å². The number of methoxy groups -OCH3 is 2. The second kappa shape index (κ2) is 18.5. The first-order valence-electron chi connectivity index (χ1n) is 20.9. The predicted molar refractivity (Wildman–Crippen MR) is 227 cm³/mol. The van der Waals surface area contributed by atoms with Crippen molar-refractivity contribution < 1.29 is 38.2 Å². The number of likely N-dealkylation sites (N-methyl/N-ethyl adjacent to an activating group) is 1. The van der Waals surface area contributed by atoms with Gasteiger partial charge in [0.15, 0.2) is 0 Å². The molecule has 1 unspecified atom stereocenters. The number of piperazine rings is 1. The van der Waals surface area contributed by atoms with Crippen molar-refractivity contribution >= 4 is 35.3 Å². The Morgan fingerprint density at radius 1 is 0.836 bits per heavy atom. The van der Waals surface area contributed by atoms with Crippen LogP contribution in [0.3, 0.4) is 0 Å². The van der Waals surface area contributed by atoms with E-state index in [9.17, 15) is 28.8 Å². The number of carbonyl (C=O) groups is 5. The summed E-state index contributed by atoms with van der Waals surface area (Å²) in [5.74, 6) is -0.712. The number of hydrogen-bond donors (Lipinski definition) is 1. The van der Waals surface area contributed by atoms with Crippen molar-refractivity contribution in [1.29, 1.82) is 0 Å². The number of urea groups is 1. The molecular weight excluding hydrogens is 785 g/mol. The highest BCUT2D eigenvalue weighted by Gasteiger charge is 2.45. The monoisotopic (exact) mass is 840 g/mol. The van der Waals surface area contributed by atoms with Crippen molar-refractivity contribution in [2.75, 3.05) is 99.3 Å². The fraction of sp³-hybridized carbons (Fsp3) is 0.500. The first-order valence-corrected chi connectivity index (χ1v) is 20.9. The van der Waals surface area contributed by atoms with Gasteiger partial charge in [-0.1, -0.05) is 0 Å². The summed E-state index contributed by atoms with van der Waals surface area (Å²) >= 11 is 0. The van der Waals surface area contributed by atoms with E-state index in [0.29, 0.717) is 63.9 Å². The number of pyridine rings is 1. The Morgan fingerprint density at radius 2 is 1.54 bits per heavy atom. The summed E-state index contributed by atoms with van der Waals surface area (Å²) in [5.41, 5.74) is 5.58. The van der Waals surface area contributed by atoms with E-state index in [-0.39, 0.29) is 35.6 Å². The van der Waals surface area contributed by atoms with Gasteiger partial charge in [0, 0.05) is 109 Å². The molecule has 0 aliphatic carbocycles. The third-order valence-corrected chi connectivity index (χ3v) is 12.1. The number of ether oxygens (including phenoxy) is 3. The molecule has 5 heterocycles. The molecule has 326 valence electrons. The van der Waals surface area contributed by atoms with Gasteiger partial charge in [0.1, 0.15) is 17.5 Å². The second-order valence-electron chi connectivity index (χ2n) is 16.2. The van der Waals surface area contributed by atoms with Crippen LogP contribution in [-0.4, -0.2) is 159 Å². The van der Waals surface area contributed by atoms with Crippen LogP contribution in [0.2, 0.25) is 0 Å². The van der Waals surface area contributed by atoms with E-state index in [0.717, 1.165) is 71.1 Å². The van der Waals surface area contributed by atoms with Crippen LogP contribution < -0.4 is 25.2 Å².